The second kappa shape index (κ2) is 14.4. The third-order valence-corrected chi connectivity index (χ3v) is 4.73. The molecular formula is C18H40N2O2. The van der Waals surface area contributed by atoms with Crippen molar-refractivity contribution in [2.45, 2.75) is 83.8 Å². The number of unbranched alkanes of at least 4 members (excludes halogenated alkanes) is 6. The van der Waals surface area contributed by atoms with E-state index in [0.29, 0.717) is 13.1 Å². The highest BCUT2D eigenvalue weighted by Crippen LogP contribution is 2.39. The van der Waals surface area contributed by atoms with Crippen molar-refractivity contribution in [1.82, 2.24) is 0 Å². The van der Waals surface area contributed by atoms with Crippen molar-refractivity contribution in [2.24, 2.45) is 16.9 Å². The molecule has 134 valence electrons. The van der Waals surface area contributed by atoms with E-state index in [1.807, 2.05) is 0 Å². The Morgan fingerprint density at radius 1 is 0.727 bits per heavy atom. The summed E-state index contributed by atoms with van der Waals surface area (Å²) >= 11 is 0. The van der Waals surface area contributed by atoms with Gasteiger partial charge in [-0.3, -0.25) is 0 Å². The Morgan fingerprint density at radius 3 is 1.77 bits per heavy atom. The van der Waals surface area contributed by atoms with Gasteiger partial charge in [-0.25, -0.2) is 0 Å². The van der Waals surface area contributed by atoms with Crippen LogP contribution in [0.15, 0.2) is 0 Å². The maximum atomic E-state index is 5.88. The molecule has 0 fully saturated rings. The number of hydrogen-bond acceptors (Lipinski definition) is 4. The lowest BCUT2D eigenvalue weighted by Gasteiger charge is -2.39. The molecule has 0 radical (unpaired) electrons. The molecule has 0 aliphatic heterocycles. The lowest BCUT2D eigenvalue weighted by Crippen LogP contribution is -2.40. The molecule has 0 aliphatic carbocycles. The molecule has 1 unspecified atom stereocenters. The third-order valence-electron chi connectivity index (χ3n) is 4.73. The predicted octanol–water partition coefficient (Wildman–Crippen LogP) is 3.82. The molecule has 0 aromatic carbocycles. The molecule has 0 spiro atoms. The SMILES string of the molecule is CCCCCCCCCC(CCN)(CCCN)C(OC)OC. The van der Waals surface area contributed by atoms with Crippen molar-refractivity contribution < 1.29 is 9.47 Å². The van der Waals surface area contributed by atoms with Crippen molar-refractivity contribution in [3.05, 3.63) is 0 Å². The minimum Gasteiger partial charge on any atom is -0.355 e. The number of rotatable bonds is 16. The van der Waals surface area contributed by atoms with Crippen LogP contribution in [0.2, 0.25) is 0 Å². The minimum absolute atomic E-state index is 0.0149. The summed E-state index contributed by atoms with van der Waals surface area (Å²) in [4.78, 5) is 0. The van der Waals surface area contributed by atoms with E-state index in [-0.39, 0.29) is 11.7 Å². The summed E-state index contributed by atoms with van der Waals surface area (Å²) < 4.78 is 11.2. The monoisotopic (exact) mass is 316 g/mol. The highest BCUT2D eigenvalue weighted by atomic mass is 16.7. The van der Waals surface area contributed by atoms with E-state index in [0.717, 1.165) is 25.7 Å². The standard InChI is InChI=1S/C18H40N2O2/c1-4-5-6-7-8-9-10-12-18(14-16-20,13-11-15-19)17(21-2)22-3/h17H,4-16,19-20H2,1-3H3. The van der Waals surface area contributed by atoms with E-state index in [1.54, 1.807) is 14.2 Å². The van der Waals surface area contributed by atoms with E-state index >= 15 is 0 Å². The van der Waals surface area contributed by atoms with Crippen LogP contribution < -0.4 is 11.5 Å². The Kier molecular flexibility index (Phi) is 14.3. The van der Waals surface area contributed by atoms with Gasteiger partial charge in [0.15, 0.2) is 6.29 Å². The number of hydrogen-bond donors (Lipinski definition) is 2. The molecule has 0 saturated carbocycles. The fraction of sp³-hybridized carbons (Fsp3) is 1.00. The van der Waals surface area contributed by atoms with Gasteiger partial charge in [-0.15, -0.1) is 0 Å². The van der Waals surface area contributed by atoms with Crippen LogP contribution in [0, 0.1) is 5.41 Å². The first-order chi connectivity index (χ1) is 10.7. The van der Waals surface area contributed by atoms with Gasteiger partial charge in [0, 0.05) is 19.6 Å². The first-order valence-electron chi connectivity index (χ1n) is 9.16. The summed E-state index contributed by atoms with van der Waals surface area (Å²) in [6.45, 7) is 3.64. The lowest BCUT2D eigenvalue weighted by molar-refractivity contribution is -0.186. The third kappa shape index (κ3) is 8.47. The van der Waals surface area contributed by atoms with Crippen molar-refractivity contribution in [3.63, 3.8) is 0 Å². The van der Waals surface area contributed by atoms with Gasteiger partial charge in [-0.1, -0.05) is 51.9 Å². The van der Waals surface area contributed by atoms with Crippen LogP contribution in [0.5, 0.6) is 0 Å². The van der Waals surface area contributed by atoms with Gasteiger partial charge < -0.3 is 20.9 Å². The Labute approximate surface area is 138 Å². The van der Waals surface area contributed by atoms with Crippen LogP contribution in [0.1, 0.15) is 77.6 Å². The van der Waals surface area contributed by atoms with E-state index in [4.69, 9.17) is 20.9 Å². The maximum Gasteiger partial charge on any atom is 0.162 e. The molecule has 22 heavy (non-hydrogen) atoms. The van der Waals surface area contributed by atoms with Gasteiger partial charge in [0.2, 0.25) is 0 Å². The van der Waals surface area contributed by atoms with E-state index in [2.05, 4.69) is 6.92 Å². The van der Waals surface area contributed by atoms with Gasteiger partial charge in [0.05, 0.1) is 0 Å². The highest BCUT2D eigenvalue weighted by molar-refractivity contribution is 4.84. The average Bonchev–Trinajstić information content (AvgIpc) is 2.53. The molecule has 4 heteroatoms. The fourth-order valence-corrected chi connectivity index (χ4v) is 3.50. The summed E-state index contributed by atoms with van der Waals surface area (Å²) in [6, 6.07) is 0. The summed E-state index contributed by atoms with van der Waals surface area (Å²) in [6.07, 6.45) is 13.2. The fourth-order valence-electron chi connectivity index (χ4n) is 3.50. The predicted molar refractivity (Wildman–Crippen MR) is 94.8 cm³/mol. The van der Waals surface area contributed by atoms with Crippen LogP contribution in [-0.2, 0) is 9.47 Å². The quantitative estimate of drug-likeness (QED) is 0.335. The Hall–Kier alpha value is -0.160. The van der Waals surface area contributed by atoms with Crippen LogP contribution >= 0.6 is 0 Å². The number of nitrogens with two attached hydrogens (primary N) is 2. The largest absolute Gasteiger partial charge is 0.355 e. The zero-order chi connectivity index (χ0) is 16.7. The molecule has 0 aliphatic rings. The van der Waals surface area contributed by atoms with E-state index in [1.165, 1.54) is 44.9 Å². The molecule has 1 atom stereocenters. The van der Waals surface area contributed by atoms with Crippen molar-refractivity contribution in [2.75, 3.05) is 27.3 Å². The Balaban J connectivity index is 4.42. The number of ether oxygens (including phenoxy) is 2. The summed E-state index contributed by atoms with van der Waals surface area (Å²) in [5.74, 6) is 0. The van der Waals surface area contributed by atoms with Crippen LogP contribution in [-0.4, -0.2) is 33.6 Å². The molecule has 0 bridgehead atoms. The second-order valence-electron chi connectivity index (χ2n) is 6.47. The minimum atomic E-state index is -0.178. The van der Waals surface area contributed by atoms with Gasteiger partial charge in [0.25, 0.3) is 0 Å². The summed E-state index contributed by atoms with van der Waals surface area (Å²) in [7, 11) is 3.46. The zero-order valence-corrected chi connectivity index (χ0v) is 15.2. The molecule has 0 amide bonds. The first kappa shape index (κ1) is 21.8. The van der Waals surface area contributed by atoms with Gasteiger partial charge >= 0.3 is 0 Å². The van der Waals surface area contributed by atoms with Gasteiger partial charge in [-0.05, 0) is 38.8 Å². The Bertz CT molecular complexity index is 235. The van der Waals surface area contributed by atoms with Crippen molar-refractivity contribution in [1.29, 1.82) is 0 Å². The molecule has 4 N–H and O–H groups in total. The summed E-state index contributed by atoms with van der Waals surface area (Å²) in [5, 5.41) is 0. The Morgan fingerprint density at radius 2 is 1.27 bits per heavy atom. The lowest BCUT2D eigenvalue weighted by atomic mass is 9.74. The first-order valence-corrected chi connectivity index (χ1v) is 9.16. The second-order valence-corrected chi connectivity index (χ2v) is 6.47. The molecular weight excluding hydrogens is 276 g/mol. The van der Waals surface area contributed by atoms with Gasteiger partial charge in [-0.2, -0.15) is 0 Å². The molecule has 0 rings (SSSR count). The van der Waals surface area contributed by atoms with E-state index < -0.39 is 0 Å². The highest BCUT2D eigenvalue weighted by Gasteiger charge is 2.37. The molecule has 0 aromatic heterocycles. The van der Waals surface area contributed by atoms with Crippen molar-refractivity contribution >= 4 is 0 Å². The normalized spacial score (nSPS) is 14.5. The topological polar surface area (TPSA) is 70.5 Å². The van der Waals surface area contributed by atoms with Gasteiger partial charge in [0.1, 0.15) is 0 Å². The zero-order valence-electron chi connectivity index (χ0n) is 15.2. The molecule has 0 aromatic rings. The molecule has 0 saturated heterocycles. The van der Waals surface area contributed by atoms with Crippen molar-refractivity contribution in [3.8, 4) is 0 Å². The van der Waals surface area contributed by atoms with Crippen LogP contribution in [0.25, 0.3) is 0 Å². The molecule has 4 nitrogen and oxygen atoms in total. The number of methoxy groups -OCH3 is 2. The smallest absolute Gasteiger partial charge is 0.162 e. The average molecular weight is 317 g/mol. The maximum absolute atomic E-state index is 5.88. The van der Waals surface area contributed by atoms with Crippen LogP contribution in [0.3, 0.4) is 0 Å². The molecule has 0 heterocycles. The van der Waals surface area contributed by atoms with Crippen LogP contribution in [0.4, 0.5) is 0 Å². The summed E-state index contributed by atoms with van der Waals surface area (Å²) in [5.41, 5.74) is 11.6. The van der Waals surface area contributed by atoms with E-state index in [9.17, 15) is 0 Å².